The summed E-state index contributed by atoms with van der Waals surface area (Å²) in [5, 5.41) is 0. The summed E-state index contributed by atoms with van der Waals surface area (Å²) in [6.45, 7) is 12.6. The van der Waals surface area contributed by atoms with Gasteiger partial charge in [-0.05, 0) is 37.3 Å². The number of ether oxygens (including phenoxy) is 2. The van der Waals surface area contributed by atoms with Gasteiger partial charge in [0.05, 0.1) is 12.7 Å². The third-order valence-corrected chi connectivity index (χ3v) is 2.79. The number of carbonyl (C=O) groups is 1. The number of para-hydroxylation sites is 1. The van der Waals surface area contributed by atoms with E-state index < -0.39 is 0 Å². The fraction of sp³-hybridized carbons (Fsp3) is 0.588. The van der Waals surface area contributed by atoms with Crippen LogP contribution in [0.3, 0.4) is 0 Å². The first-order valence-corrected chi connectivity index (χ1v) is 7.29. The first-order chi connectivity index (χ1) is 9.32. The molecule has 0 amide bonds. The molecule has 0 fully saturated rings. The van der Waals surface area contributed by atoms with Gasteiger partial charge in [0.25, 0.3) is 0 Å². The zero-order chi connectivity index (χ0) is 15.3. The molecule has 0 atom stereocenters. The van der Waals surface area contributed by atoms with Crippen LogP contribution in [0.25, 0.3) is 0 Å². The number of hydrogen-bond donors (Lipinski definition) is 0. The van der Waals surface area contributed by atoms with E-state index in [9.17, 15) is 4.79 Å². The Balaban J connectivity index is 3.10. The van der Waals surface area contributed by atoms with Crippen LogP contribution in [0.4, 0.5) is 0 Å². The SMILES string of the molecule is CC(C)COC(=O)c1cccc(C(C)C)c1OC(C)C. The minimum Gasteiger partial charge on any atom is -0.490 e. The Kier molecular flexibility index (Phi) is 6.05. The molecule has 1 aromatic carbocycles. The minimum absolute atomic E-state index is 0.0200. The first kappa shape index (κ1) is 16.5. The molecule has 0 aromatic heterocycles. The van der Waals surface area contributed by atoms with E-state index in [2.05, 4.69) is 13.8 Å². The van der Waals surface area contributed by atoms with Crippen LogP contribution in [0.15, 0.2) is 18.2 Å². The number of hydrogen-bond acceptors (Lipinski definition) is 3. The molecule has 0 saturated carbocycles. The van der Waals surface area contributed by atoms with E-state index in [4.69, 9.17) is 9.47 Å². The highest BCUT2D eigenvalue weighted by Crippen LogP contribution is 2.31. The highest BCUT2D eigenvalue weighted by molar-refractivity contribution is 5.93. The van der Waals surface area contributed by atoms with E-state index in [1.165, 1.54) is 0 Å². The van der Waals surface area contributed by atoms with Crippen LogP contribution >= 0.6 is 0 Å². The number of benzene rings is 1. The Morgan fingerprint density at radius 1 is 1.10 bits per heavy atom. The van der Waals surface area contributed by atoms with Crippen LogP contribution < -0.4 is 4.74 Å². The predicted octanol–water partition coefficient (Wildman–Crippen LogP) is 4.41. The van der Waals surface area contributed by atoms with Crippen LogP contribution in [-0.4, -0.2) is 18.7 Å². The maximum absolute atomic E-state index is 12.2. The summed E-state index contributed by atoms with van der Waals surface area (Å²) in [7, 11) is 0. The maximum Gasteiger partial charge on any atom is 0.341 e. The van der Waals surface area contributed by atoms with Gasteiger partial charge in [-0.2, -0.15) is 0 Å². The lowest BCUT2D eigenvalue weighted by Gasteiger charge is -2.19. The van der Waals surface area contributed by atoms with Crippen molar-refractivity contribution >= 4 is 5.97 Å². The highest BCUT2D eigenvalue weighted by Gasteiger charge is 2.20. The smallest absolute Gasteiger partial charge is 0.341 e. The normalized spacial score (nSPS) is 11.2. The van der Waals surface area contributed by atoms with Crippen LogP contribution in [0.5, 0.6) is 5.75 Å². The van der Waals surface area contributed by atoms with Crippen molar-refractivity contribution in [1.82, 2.24) is 0 Å². The molecule has 0 spiro atoms. The quantitative estimate of drug-likeness (QED) is 0.723. The fourth-order valence-electron chi connectivity index (χ4n) is 1.86. The van der Waals surface area contributed by atoms with Crippen molar-refractivity contribution in [3.63, 3.8) is 0 Å². The molecule has 1 rings (SSSR count). The molecule has 0 aliphatic heterocycles. The maximum atomic E-state index is 12.2. The molecule has 0 radical (unpaired) electrons. The molecule has 0 N–H and O–H groups in total. The lowest BCUT2D eigenvalue weighted by Crippen LogP contribution is -2.15. The summed E-state index contributed by atoms with van der Waals surface area (Å²) in [6, 6.07) is 5.66. The van der Waals surface area contributed by atoms with Gasteiger partial charge in [0.15, 0.2) is 0 Å². The highest BCUT2D eigenvalue weighted by atomic mass is 16.5. The average Bonchev–Trinajstić information content (AvgIpc) is 2.35. The van der Waals surface area contributed by atoms with Crippen LogP contribution in [0.2, 0.25) is 0 Å². The zero-order valence-corrected chi connectivity index (χ0v) is 13.4. The molecular formula is C17H26O3. The molecule has 0 saturated heterocycles. The lowest BCUT2D eigenvalue weighted by atomic mass is 9.99. The second-order valence-electron chi connectivity index (χ2n) is 6.04. The second-order valence-corrected chi connectivity index (χ2v) is 6.04. The fourth-order valence-corrected chi connectivity index (χ4v) is 1.86. The largest absolute Gasteiger partial charge is 0.490 e. The summed E-state index contributed by atoms with van der Waals surface area (Å²) < 4.78 is 11.2. The predicted molar refractivity (Wildman–Crippen MR) is 81.4 cm³/mol. The Morgan fingerprint density at radius 3 is 2.25 bits per heavy atom. The molecule has 3 heteroatoms. The van der Waals surface area contributed by atoms with Crippen molar-refractivity contribution in [2.45, 2.75) is 53.6 Å². The molecule has 3 nitrogen and oxygen atoms in total. The van der Waals surface area contributed by atoms with Gasteiger partial charge in [0, 0.05) is 0 Å². The lowest BCUT2D eigenvalue weighted by molar-refractivity contribution is 0.0452. The molecule has 1 aromatic rings. The van der Waals surface area contributed by atoms with Gasteiger partial charge < -0.3 is 9.47 Å². The van der Waals surface area contributed by atoms with E-state index in [1.54, 1.807) is 6.07 Å². The standard InChI is InChI=1S/C17H26O3/c1-11(2)10-19-17(18)15-9-7-8-14(12(3)4)16(15)20-13(5)6/h7-9,11-13H,10H2,1-6H3. The summed E-state index contributed by atoms with van der Waals surface area (Å²) in [6.07, 6.45) is 0.0200. The third kappa shape index (κ3) is 4.55. The minimum atomic E-state index is -0.308. The van der Waals surface area contributed by atoms with E-state index in [0.29, 0.717) is 29.8 Å². The Bertz CT molecular complexity index is 448. The van der Waals surface area contributed by atoms with E-state index in [1.807, 2.05) is 39.8 Å². The van der Waals surface area contributed by atoms with Crippen molar-refractivity contribution in [1.29, 1.82) is 0 Å². The molecule has 0 heterocycles. The zero-order valence-electron chi connectivity index (χ0n) is 13.4. The molecule has 0 unspecified atom stereocenters. The molecule has 0 bridgehead atoms. The van der Waals surface area contributed by atoms with Gasteiger partial charge in [-0.15, -0.1) is 0 Å². The first-order valence-electron chi connectivity index (χ1n) is 7.29. The Labute approximate surface area is 122 Å². The van der Waals surface area contributed by atoms with Crippen molar-refractivity contribution in [3.8, 4) is 5.75 Å². The van der Waals surface area contributed by atoms with Gasteiger partial charge in [-0.3, -0.25) is 0 Å². The van der Waals surface area contributed by atoms with E-state index >= 15 is 0 Å². The van der Waals surface area contributed by atoms with Gasteiger partial charge in [-0.25, -0.2) is 4.79 Å². The van der Waals surface area contributed by atoms with Crippen LogP contribution in [-0.2, 0) is 4.74 Å². The van der Waals surface area contributed by atoms with Gasteiger partial charge in [0.1, 0.15) is 11.3 Å². The summed E-state index contributed by atoms with van der Waals surface area (Å²) >= 11 is 0. The number of rotatable bonds is 6. The summed E-state index contributed by atoms with van der Waals surface area (Å²) in [5.41, 5.74) is 1.56. The van der Waals surface area contributed by atoms with Gasteiger partial charge in [-0.1, -0.05) is 39.8 Å². The molecule has 0 aliphatic carbocycles. The third-order valence-electron chi connectivity index (χ3n) is 2.79. The van der Waals surface area contributed by atoms with E-state index in [-0.39, 0.29) is 12.1 Å². The molecule has 20 heavy (non-hydrogen) atoms. The van der Waals surface area contributed by atoms with Crippen LogP contribution in [0, 0.1) is 5.92 Å². The summed E-state index contributed by atoms with van der Waals surface area (Å²) in [4.78, 5) is 12.2. The van der Waals surface area contributed by atoms with Crippen molar-refractivity contribution in [2.24, 2.45) is 5.92 Å². The van der Waals surface area contributed by atoms with Gasteiger partial charge >= 0.3 is 5.97 Å². The van der Waals surface area contributed by atoms with Crippen molar-refractivity contribution in [2.75, 3.05) is 6.61 Å². The molecular weight excluding hydrogens is 252 g/mol. The van der Waals surface area contributed by atoms with Gasteiger partial charge in [0.2, 0.25) is 0 Å². The second kappa shape index (κ2) is 7.32. The molecule has 0 aliphatic rings. The average molecular weight is 278 g/mol. The number of esters is 1. The van der Waals surface area contributed by atoms with Crippen molar-refractivity contribution in [3.05, 3.63) is 29.3 Å². The Morgan fingerprint density at radius 2 is 1.75 bits per heavy atom. The Hall–Kier alpha value is -1.51. The molecule has 112 valence electrons. The summed E-state index contributed by atoms with van der Waals surface area (Å²) in [5.74, 6) is 0.964. The number of carbonyl (C=O) groups excluding carboxylic acids is 1. The van der Waals surface area contributed by atoms with E-state index in [0.717, 1.165) is 5.56 Å². The van der Waals surface area contributed by atoms with Crippen molar-refractivity contribution < 1.29 is 14.3 Å². The monoisotopic (exact) mass is 278 g/mol. The topological polar surface area (TPSA) is 35.5 Å². The van der Waals surface area contributed by atoms with Crippen LogP contribution in [0.1, 0.15) is 63.4 Å².